The molecule has 0 amide bonds. The lowest BCUT2D eigenvalue weighted by atomic mass is 10.2. The molecule has 0 spiro atoms. The predicted molar refractivity (Wildman–Crippen MR) is 76.4 cm³/mol. The quantitative estimate of drug-likeness (QED) is 0.562. The standard InChI is InChI=1S/C14H30N2O3/c1-13(2)11-19-12-14(17)10-15-4-3-5-16-6-8-18-9-7-16/h13-15,17H,3-12H2,1-2H3. The second kappa shape index (κ2) is 10.6. The zero-order valence-electron chi connectivity index (χ0n) is 12.4. The van der Waals surface area contributed by atoms with Crippen molar-refractivity contribution in [3.8, 4) is 0 Å². The van der Waals surface area contributed by atoms with Crippen LogP contribution < -0.4 is 5.32 Å². The molecule has 1 aliphatic rings. The molecular formula is C14H30N2O3. The number of hydrogen-bond acceptors (Lipinski definition) is 5. The van der Waals surface area contributed by atoms with Crippen LogP contribution in [0.25, 0.3) is 0 Å². The third-order valence-electron chi connectivity index (χ3n) is 3.07. The van der Waals surface area contributed by atoms with Gasteiger partial charge in [0.1, 0.15) is 0 Å². The maximum atomic E-state index is 9.70. The van der Waals surface area contributed by atoms with Gasteiger partial charge in [0.2, 0.25) is 0 Å². The molecule has 0 aromatic rings. The topological polar surface area (TPSA) is 54.0 Å². The molecule has 1 unspecified atom stereocenters. The minimum absolute atomic E-state index is 0.401. The lowest BCUT2D eigenvalue weighted by Gasteiger charge is -2.26. The van der Waals surface area contributed by atoms with E-state index in [1.165, 1.54) is 0 Å². The van der Waals surface area contributed by atoms with Gasteiger partial charge in [-0.1, -0.05) is 13.8 Å². The molecule has 1 aliphatic heterocycles. The van der Waals surface area contributed by atoms with E-state index in [9.17, 15) is 5.11 Å². The van der Waals surface area contributed by atoms with Crippen LogP contribution in [0.2, 0.25) is 0 Å². The maximum absolute atomic E-state index is 9.70. The third kappa shape index (κ3) is 9.35. The van der Waals surface area contributed by atoms with E-state index in [0.29, 0.717) is 25.7 Å². The highest BCUT2D eigenvalue weighted by Gasteiger charge is 2.09. The zero-order valence-corrected chi connectivity index (χ0v) is 12.4. The van der Waals surface area contributed by atoms with Crippen molar-refractivity contribution in [1.29, 1.82) is 0 Å². The molecule has 1 atom stereocenters. The van der Waals surface area contributed by atoms with Crippen molar-refractivity contribution >= 4 is 0 Å². The van der Waals surface area contributed by atoms with E-state index in [1.54, 1.807) is 0 Å². The van der Waals surface area contributed by atoms with Gasteiger partial charge in [0.15, 0.2) is 0 Å². The molecule has 0 bridgehead atoms. The summed E-state index contributed by atoms with van der Waals surface area (Å²) in [6.45, 7) is 11.8. The summed E-state index contributed by atoms with van der Waals surface area (Å²) in [7, 11) is 0. The van der Waals surface area contributed by atoms with Gasteiger partial charge in [0, 0.05) is 26.2 Å². The first kappa shape index (κ1) is 16.9. The van der Waals surface area contributed by atoms with Gasteiger partial charge in [0.25, 0.3) is 0 Å². The van der Waals surface area contributed by atoms with Crippen LogP contribution in [0.4, 0.5) is 0 Å². The molecule has 1 heterocycles. The van der Waals surface area contributed by atoms with Crippen LogP contribution in [0.5, 0.6) is 0 Å². The molecule has 0 saturated carbocycles. The summed E-state index contributed by atoms with van der Waals surface area (Å²) in [5.74, 6) is 0.522. The first-order chi connectivity index (χ1) is 9.18. The van der Waals surface area contributed by atoms with Crippen molar-refractivity contribution < 1.29 is 14.6 Å². The second-order valence-electron chi connectivity index (χ2n) is 5.60. The van der Waals surface area contributed by atoms with Crippen molar-refractivity contribution in [2.45, 2.75) is 26.4 Å². The molecule has 0 aromatic heterocycles. The van der Waals surface area contributed by atoms with Crippen LogP contribution in [0, 0.1) is 5.92 Å². The van der Waals surface area contributed by atoms with Crippen molar-refractivity contribution in [2.24, 2.45) is 5.92 Å². The molecule has 1 fully saturated rings. The summed E-state index contributed by atoms with van der Waals surface area (Å²) >= 11 is 0. The predicted octanol–water partition coefficient (Wildman–Crippen LogP) is 0.332. The normalized spacial score (nSPS) is 18.9. The van der Waals surface area contributed by atoms with Gasteiger partial charge in [0.05, 0.1) is 25.9 Å². The average Bonchev–Trinajstić information content (AvgIpc) is 2.39. The summed E-state index contributed by atoms with van der Waals surface area (Å²) in [6, 6.07) is 0. The summed E-state index contributed by atoms with van der Waals surface area (Å²) in [4.78, 5) is 2.42. The van der Waals surface area contributed by atoms with Crippen LogP contribution >= 0.6 is 0 Å². The molecular weight excluding hydrogens is 244 g/mol. The van der Waals surface area contributed by atoms with Gasteiger partial charge in [-0.2, -0.15) is 0 Å². The number of rotatable bonds is 10. The van der Waals surface area contributed by atoms with Crippen LogP contribution in [-0.2, 0) is 9.47 Å². The summed E-state index contributed by atoms with van der Waals surface area (Å²) in [5, 5.41) is 13.0. The van der Waals surface area contributed by atoms with Gasteiger partial charge in [-0.3, -0.25) is 4.90 Å². The van der Waals surface area contributed by atoms with Crippen molar-refractivity contribution in [3.63, 3.8) is 0 Å². The van der Waals surface area contributed by atoms with Crippen molar-refractivity contribution in [2.75, 3.05) is 59.2 Å². The Balaban J connectivity index is 1.86. The van der Waals surface area contributed by atoms with E-state index in [2.05, 4.69) is 24.1 Å². The smallest absolute Gasteiger partial charge is 0.0897 e. The molecule has 0 radical (unpaired) electrons. The monoisotopic (exact) mass is 274 g/mol. The Labute approximate surface area is 117 Å². The number of ether oxygens (including phenoxy) is 2. The third-order valence-corrected chi connectivity index (χ3v) is 3.07. The number of aliphatic hydroxyl groups excluding tert-OH is 1. The molecule has 1 saturated heterocycles. The highest BCUT2D eigenvalue weighted by Crippen LogP contribution is 1.97. The Hall–Kier alpha value is -0.200. The Morgan fingerprint density at radius 2 is 2.00 bits per heavy atom. The average molecular weight is 274 g/mol. The lowest BCUT2D eigenvalue weighted by Crippen LogP contribution is -2.38. The van der Waals surface area contributed by atoms with E-state index in [0.717, 1.165) is 45.8 Å². The Bertz CT molecular complexity index is 209. The Morgan fingerprint density at radius 3 is 2.68 bits per heavy atom. The molecule has 5 heteroatoms. The van der Waals surface area contributed by atoms with Gasteiger partial charge < -0.3 is 19.9 Å². The van der Waals surface area contributed by atoms with Crippen molar-refractivity contribution in [1.82, 2.24) is 10.2 Å². The summed E-state index contributed by atoms with van der Waals surface area (Å²) < 4.78 is 10.7. The van der Waals surface area contributed by atoms with Gasteiger partial charge in [-0.25, -0.2) is 0 Å². The molecule has 114 valence electrons. The fourth-order valence-electron chi connectivity index (χ4n) is 2.02. The highest BCUT2D eigenvalue weighted by molar-refractivity contribution is 4.64. The summed E-state index contributed by atoms with van der Waals surface area (Å²) in [5.41, 5.74) is 0. The minimum Gasteiger partial charge on any atom is -0.389 e. The highest BCUT2D eigenvalue weighted by atomic mass is 16.5. The van der Waals surface area contributed by atoms with Crippen LogP contribution in [0.1, 0.15) is 20.3 Å². The summed E-state index contributed by atoms with van der Waals surface area (Å²) in [6.07, 6.45) is 0.710. The first-order valence-corrected chi connectivity index (χ1v) is 7.45. The molecule has 5 nitrogen and oxygen atoms in total. The van der Waals surface area contributed by atoms with Gasteiger partial charge in [-0.05, 0) is 25.4 Å². The van der Waals surface area contributed by atoms with E-state index >= 15 is 0 Å². The SMILES string of the molecule is CC(C)COCC(O)CNCCCN1CCOCC1. The second-order valence-corrected chi connectivity index (χ2v) is 5.60. The fourth-order valence-corrected chi connectivity index (χ4v) is 2.02. The van der Waals surface area contributed by atoms with Crippen LogP contribution in [0.15, 0.2) is 0 Å². The molecule has 1 rings (SSSR count). The van der Waals surface area contributed by atoms with E-state index in [1.807, 2.05) is 0 Å². The minimum atomic E-state index is -0.401. The van der Waals surface area contributed by atoms with Crippen LogP contribution in [-0.4, -0.2) is 75.3 Å². The van der Waals surface area contributed by atoms with Gasteiger partial charge in [-0.15, -0.1) is 0 Å². The molecule has 19 heavy (non-hydrogen) atoms. The number of aliphatic hydroxyl groups is 1. The van der Waals surface area contributed by atoms with E-state index in [-0.39, 0.29) is 0 Å². The van der Waals surface area contributed by atoms with Crippen molar-refractivity contribution in [3.05, 3.63) is 0 Å². The molecule has 2 N–H and O–H groups in total. The maximum Gasteiger partial charge on any atom is 0.0897 e. The number of hydrogen-bond donors (Lipinski definition) is 2. The first-order valence-electron chi connectivity index (χ1n) is 7.45. The van der Waals surface area contributed by atoms with E-state index in [4.69, 9.17) is 9.47 Å². The fraction of sp³-hybridized carbons (Fsp3) is 1.00. The van der Waals surface area contributed by atoms with Crippen LogP contribution in [0.3, 0.4) is 0 Å². The number of nitrogens with zero attached hydrogens (tertiary/aromatic N) is 1. The molecule has 0 aromatic carbocycles. The zero-order chi connectivity index (χ0) is 13.9. The Kier molecular flexibility index (Phi) is 9.38. The number of morpholine rings is 1. The Morgan fingerprint density at radius 1 is 1.26 bits per heavy atom. The van der Waals surface area contributed by atoms with Gasteiger partial charge >= 0.3 is 0 Å². The lowest BCUT2D eigenvalue weighted by molar-refractivity contribution is 0.0255. The number of nitrogens with one attached hydrogen (secondary N) is 1. The van der Waals surface area contributed by atoms with E-state index < -0.39 is 6.10 Å². The molecule has 0 aliphatic carbocycles. The largest absolute Gasteiger partial charge is 0.389 e.